The van der Waals surface area contributed by atoms with E-state index in [2.05, 4.69) is 10.2 Å². The summed E-state index contributed by atoms with van der Waals surface area (Å²) in [4.78, 5) is 11.5. The molecule has 0 amide bonds. The molecule has 2 aromatic heterocycles. The highest BCUT2D eigenvalue weighted by Crippen LogP contribution is 2.31. The van der Waals surface area contributed by atoms with Gasteiger partial charge in [-0.05, 0) is 54.0 Å². The van der Waals surface area contributed by atoms with Crippen LogP contribution >= 0.6 is 46.8 Å². The number of hydrogen-bond donors (Lipinski definition) is 2. The summed E-state index contributed by atoms with van der Waals surface area (Å²) in [6, 6.07) is 12.4. The largest absolute Gasteiger partial charge is 0.477 e. The fourth-order valence-electron chi connectivity index (χ4n) is 2.68. The Balaban J connectivity index is 1.91. The minimum atomic E-state index is -0.943. The van der Waals surface area contributed by atoms with E-state index in [0.717, 1.165) is 15.8 Å². The van der Waals surface area contributed by atoms with Crippen molar-refractivity contribution in [3.05, 3.63) is 62.2 Å². The molecule has 5 nitrogen and oxygen atoms in total. The highest BCUT2D eigenvalue weighted by molar-refractivity contribution is 7.71. The molecule has 4 rings (SSSR count). The summed E-state index contributed by atoms with van der Waals surface area (Å²) >= 11 is 18.8. The van der Waals surface area contributed by atoms with Gasteiger partial charge in [-0.3, -0.25) is 9.67 Å². The van der Waals surface area contributed by atoms with Gasteiger partial charge in [0.15, 0.2) is 10.6 Å². The number of carbonyl (C=O) groups is 1. The van der Waals surface area contributed by atoms with E-state index in [1.165, 1.54) is 11.3 Å². The van der Waals surface area contributed by atoms with E-state index in [1.807, 2.05) is 18.2 Å². The quantitative estimate of drug-likeness (QED) is 0.409. The van der Waals surface area contributed by atoms with Crippen molar-refractivity contribution in [1.29, 1.82) is 0 Å². The van der Waals surface area contributed by atoms with Gasteiger partial charge < -0.3 is 5.11 Å². The van der Waals surface area contributed by atoms with E-state index in [-0.39, 0.29) is 4.88 Å². The molecule has 0 aliphatic heterocycles. The molecular weight excluding hydrogens is 413 g/mol. The fourth-order valence-corrected chi connectivity index (χ4v) is 4.38. The van der Waals surface area contributed by atoms with Gasteiger partial charge in [-0.1, -0.05) is 29.3 Å². The molecule has 0 atom stereocenters. The maximum atomic E-state index is 11.2. The number of benzene rings is 2. The van der Waals surface area contributed by atoms with Crippen LogP contribution in [0.3, 0.4) is 0 Å². The lowest BCUT2D eigenvalue weighted by molar-refractivity contribution is 0.0702. The Morgan fingerprint density at radius 2 is 1.88 bits per heavy atom. The highest BCUT2D eigenvalue weighted by atomic mass is 35.5. The van der Waals surface area contributed by atoms with Gasteiger partial charge in [0.05, 0.1) is 5.69 Å². The molecule has 0 aliphatic carbocycles. The summed E-state index contributed by atoms with van der Waals surface area (Å²) in [6.07, 6.45) is 0. The molecule has 2 aromatic carbocycles. The summed E-state index contributed by atoms with van der Waals surface area (Å²) in [5.74, 6) is -0.379. The second-order valence-electron chi connectivity index (χ2n) is 5.48. The predicted molar refractivity (Wildman–Crippen MR) is 107 cm³/mol. The molecule has 0 spiro atoms. The number of aromatic nitrogens is 3. The van der Waals surface area contributed by atoms with Gasteiger partial charge in [0.1, 0.15) is 4.88 Å². The van der Waals surface area contributed by atoms with E-state index < -0.39 is 5.97 Å². The van der Waals surface area contributed by atoms with Crippen molar-refractivity contribution in [3.8, 4) is 17.1 Å². The Labute approximate surface area is 166 Å². The fraction of sp³-hybridized carbons (Fsp3) is 0. The van der Waals surface area contributed by atoms with E-state index in [0.29, 0.717) is 26.2 Å². The van der Waals surface area contributed by atoms with Crippen molar-refractivity contribution >= 4 is 62.8 Å². The lowest BCUT2D eigenvalue weighted by Crippen LogP contribution is -1.97. The first kappa shape index (κ1) is 17.2. The van der Waals surface area contributed by atoms with E-state index >= 15 is 0 Å². The Bertz CT molecular complexity index is 1210. The van der Waals surface area contributed by atoms with E-state index in [4.69, 9.17) is 35.4 Å². The van der Waals surface area contributed by atoms with Crippen LogP contribution in [0, 0.1) is 4.77 Å². The molecule has 0 fully saturated rings. The molecular formula is C17H9Cl2N3O2S2. The predicted octanol–water partition coefficient (Wildman–Crippen LogP) is 5.82. The zero-order valence-electron chi connectivity index (χ0n) is 12.9. The van der Waals surface area contributed by atoms with Gasteiger partial charge in [-0.2, -0.15) is 5.10 Å². The molecule has 2 heterocycles. The van der Waals surface area contributed by atoms with Crippen LogP contribution in [0.2, 0.25) is 10.0 Å². The van der Waals surface area contributed by atoms with Crippen LogP contribution in [-0.2, 0) is 0 Å². The number of nitrogens with one attached hydrogen (secondary N) is 1. The Morgan fingerprint density at radius 3 is 2.58 bits per heavy atom. The number of rotatable bonds is 3. The van der Waals surface area contributed by atoms with E-state index in [9.17, 15) is 9.90 Å². The lowest BCUT2D eigenvalue weighted by Gasteiger charge is -2.08. The molecule has 0 radical (unpaired) electrons. The van der Waals surface area contributed by atoms with Crippen molar-refractivity contribution in [2.24, 2.45) is 0 Å². The van der Waals surface area contributed by atoms with E-state index in [1.54, 1.807) is 28.8 Å². The number of carboxylic acids is 1. The van der Waals surface area contributed by atoms with Gasteiger partial charge in [0.25, 0.3) is 0 Å². The summed E-state index contributed by atoms with van der Waals surface area (Å²) in [7, 11) is 0. The Kier molecular flexibility index (Phi) is 4.32. The summed E-state index contributed by atoms with van der Waals surface area (Å²) < 4.78 is 3.01. The van der Waals surface area contributed by atoms with Crippen molar-refractivity contribution < 1.29 is 9.90 Å². The molecule has 2 N–H and O–H groups in total. The Hall–Kier alpha value is -2.19. The third kappa shape index (κ3) is 3.03. The first-order valence-electron chi connectivity index (χ1n) is 7.33. The molecule has 4 aromatic rings. The summed E-state index contributed by atoms with van der Waals surface area (Å²) in [5, 5.41) is 18.1. The highest BCUT2D eigenvalue weighted by Gasteiger charge is 2.14. The number of hydrogen-bond acceptors (Lipinski definition) is 4. The second kappa shape index (κ2) is 6.51. The van der Waals surface area contributed by atoms with Gasteiger partial charge in [0.2, 0.25) is 0 Å². The average Bonchev–Trinajstić information content (AvgIpc) is 3.16. The first-order valence-corrected chi connectivity index (χ1v) is 9.31. The molecule has 130 valence electrons. The van der Waals surface area contributed by atoms with Crippen molar-refractivity contribution in [1.82, 2.24) is 14.8 Å². The molecule has 26 heavy (non-hydrogen) atoms. The van der Waals surface area contributed by atoms with Gasteiger partial charge >= 0.3 is 5.97 Å². The first-order chi connectivity index (χ1) is 12.4. The SMILES string of the molecule is O=C(O)c1cc2ccc(-n3c(-c4cc(Cl)cc(Cl)c4)n[nH]c3=S)cc2s1. The minimum Gasteiger partial charge on any atom is -0.477 e. The topological polar surface area (TPSA) is 70.9 Å². The number of aromatic carboxylic acids is 1. The zero-order chi connectivity index (χ0) is 18.4. The van der Waals surface area contributed by atoms with Crippen LogP contribution < -0.4 is 0 Å². The second-order valence-corrected chi connectivity index (χ2v) is 7.83. The van der Waals surface area contributed by atoms with Crippen LogP contribution in [0.5, 0.6) is 0 Å². The summed E-state index contributed by atoms with van der Waals surface area (Å²) in [6.45, 7) is 0. The number of thiophene rings is 1. The van der Waals surface area contributed by atoms with Crippen LogP contribution in [0.15, 0.2) is 42.5 Å². The number of nitrogens with zero attached hydrogens (tertiary/aromatic N) is 2. The molecule has 0 unspecified atom stereocenters. The normalized spacial score (nSPS) is 11.2. The molecule has 0 saturated heterocycles. The molecule has 0 bridgehead atoms. The number of halogens is 2. The number of aromatic amines is 1. The van der Waals surface area contributed by atoms with Crippen LogP contribution in [0.1, 0.15) is 9.67 Å². The third-order valence-corrected chi connectivity index (χ3v) is 5.56. The van der Waals surface area contributed by atoms with Crippen molar-refractivity contribution in [2.75, 3.05) is 0 Å². The van der Waals surface area contributed by atoms with Crippen LogP contribution in [-0.4, -0.2) is 25.8 Å². The average molecular weight is 422 g/mol. The number of H-pyrrole nitrogens is 1. The maximum absolute atomic E-state index is 11.2. The standard InChI is InChI=1S/C17H9Cl2N3O2S2/c18-10-3-9(4-11(19)6-10)15-20-21-17(25)22(15)12-2-1-8-5-14(16(23)24)26-13(8)7-12/h1-7H,(H,21,25)(H,23,24). The zero-order valence-corrected chi connectivity index (χ0v) is 16.0. The van der Waals surface area contributed by atoms with Gasteiger partial charge in [0, 0.05) is 20.3 Å². The van der Waals surface area contributed by atoms with Crippen molar-refractivity contribution in [2.45, 2.75) is 0 Å². The number of fused-ring (bicyclic) bond motifs is 1. The number of carboxylic acid groups (broad SMARTS) is 1. The Morgan fingerprint density at radius 1 is 1.15 bits per heavy atom. The monoisotopic (exact) mass is 421 g/mol. The van der Waals surface area contributed by atoms with Crippen LogP contribution in [0.4, 0.5) is 0 Å². The minimum absolute atomic E-state index is 0.287. The molecule has 9 heteroatoms. The van der Waals surface area contributed by atoms with Gasteiger partial charge in [-0.15, -0.1) is 11.3 Å². The van der Waals surface area contributed by atoms with Crippen molar-refractivity contribution in [3.63, 3.8) is 0 Å². The molecule has 0 aliphatic rings. The summed E-state index contributed by atoms with van der Waals surface area (Å²) in [5.41, 5.74) is 1.48. The smallest absolute Gasteiger partial charge is 0.345 e. The maximum Gasteiger partial charge on any atom is 0.345 e. The molecule has 0 saturated carbocycles. The van der Waals surface area contributed by atoms with Crippen LogP contribution in [0.25, 0.3) is 27.2 Å². The lowest BCUT2D eigenvalue weighted by atomic mass is 10.2. The van der Waals surface area contributed by atoms with Gasteiger partial charge in [-0.25, -0.2) is 4.79 Å². The third-order valence-electron chi connectivity index (χ3n) is 3.77.